The van der Waals surface area contributed by atoms with E-state index in [-0.39, 0.29) is 35.6 Å². The summed E-state index contributed by atoms with van der Waals surface area (Å²) in [5.74, 6) is 0.867. The van der Waals surface area contributed by atoms with Crippen LogP contribution in [0.4, 0.5) is 0 Å². The first-order valence-electron chi connectivity index (χ1n) is 14.0. The molecule has 1 saturated carbocycles. The van der Waals surface area contributed by atoms with Gasteiger partial charge < -0.3 is 0 Å². The van der Waals surface area contributed by atoms with Gasteiger partial charge in [0.1, 0.15) is 11.6 Å². The average Bonchev–Trinajstić information content (AvgIpc) is 2.80. The first kappa shape index (κ1) is 31.0. The van der Waals surface area contributed by atoms with Gasteiger partial charge in [-0.15, -0.1) is 0 Å². The Bertz CT molecular complexity index is 809. The number of hydrogen-bond donors (Lipinski definition) is 0. The van der Waals surface area contributed by atoms with E-state index in [1.807, 2.05) is 6.92 Å². The van der Waals surface area contributed by atoms with Crippen molar-refractivity contribution in [1.29, 1.82) is 0 Å². The van der Waals surface area contributed by atoms with Gasteiger partial charge in [-0.3, -0.25) is 14.4 Å². The lowest BCUT2D eigenvalue weighted by Gasteiger charge is -2.31. The Kier molecular flexibility index (Phi) is 15.4. The Balaban J connectivity index is 2.69. The second-order valence-electron chi connectivity index (χ2n) is 10.3. The van der Waals surface area contributed by atoms with Gasteiger partial charge in [0.2, 0.25) is 0 Å². The number of unbranched alkanes of at least 4 members (excludes halogenated alkanes) is 1. The molecule has 0 aromatic heterocycles. The van der Waals surface area contributed by atoms with E-state index in [1.165, 1.54) is 12.5 Å². The quantitative estimate of drug-likeness (QED) is 0.0956. The predicted molar refractivity (Wildman–Crippen MR) is 148 cm³/mol. The first-order chi connectivity index (χ1) is 16.8. The Morgan fingerprint density at radius 3 is 2.26 bits per heavy atom. The highest BCUT2D eigenvalue weighted by Gasteiger charge is 2.32. The molecule has 1 aliphatic rings. The fourth-order valence-corrected chi connectivity index (χ4v) is 5.46. The van der Waals surface area contributed by atoms with Crippen LogP contribution >= 0.6 is 0 Å². The fraction of sp³-hybridized carbons (Fsp3) is 0.656. The molecular weight excluding hydrogens is 432 g/mol. The maximum atomic E-state index is 13.0. The fourth-order valence-electron chi connectivity index (χ4n) is 5.46. The van der Waals surface area contributed by atoms with Crippen LogP contribution in [-0.2, 0) is 14.4 Å². The summed E-state index contributed by atoms with van der Waals surface area (Å²) in [6.07, 6.45) is 21.4. The molecule has 1 rings (SSSR count). The summed E-state index contributed by atoms with van der Waals surface area (Å²) in [5.41, 5.74) is 3.48. The van der Waals surface area contributed by atoms with Crippen LogP contribution in [0.2, 0.25) is 0 Å². The van der Waals surface area contributed by atoms with Crippen molar-refractivity contribution in [3.05, 3.63) is 47.1 Å². The van der Waals surface area contributed by atoms with E-state index in [1.54, 1.807) is 0 Å². The van der Waals surface area contributed by atoms with Crippen LogP contribution in [0.25, 0.3) is 0 Å². The number of rotatable bonds is 16. The summed E-state index contributed by atoms with van der Waals surface area (Å²) < 4.78 is 0. The highest BCUT2D eigenvalue weighted by molar-refractivity contribution is 5.99. The summed E-state index contributed by atoms with van der Waals surface area (Å²) in [4.78, 5) is 37.2. The van der Waals surface area contributed by atoms with Gasteiger partial charge >= 0.3 is 0 Å². The SMILES string of the molecule is CC/C=C(\C=C/CC/C=C\C(C)=C1/CCC(CC(CCC)C(CC)C(=O)CC(C)=O)CC1=O)CC. The van der Waals surface area contributed by atoms with Gasteiger partial charge in [0, 0.05) is 12.3 Å². The predicted octanol–water partition coefficient (Wildman–Crippen LogP) is 8.69. The Morgan fingerprint density at radius 2 is 1.71 bits per heavy atom. The van der Waals surface area contributed by atoms with Crippen molar-refractivity contribution in [2.24, 2.45) is 17.8 Å². The summed E-state index contributed by atoms with van der Waals surface area (Å²) in [5, 5.41) is 0. The molecule has 0 N–H and O–H groups in total. The van der Waals surface area contributed by atoms with E-state index < -0.39 is 0 Å². The summed E-state index contributed by atoms with van der Waals surface area (Å²) >= 11 is 0. The lowest BCUT2D eigenvalue weighted by Crippen LogP contribution is -2.29. The molecule has 35 heavy (non-hydrogen) atoms. The second kappa shape index (κ2) is 17.4. The maximum Gasteiger partial charge on any atom is 0.159 e. The van der Waals surface area contributed by atoms with E-state index in [0.717, 1.165) is 75.4 Å². The van der Waals surface area contributed by atoms with Gasteiger partial charge in [0.25, 0.3) is 0 Å². The van der Waals surface area contributed by atoms with Crippen molar-refractivity contribution in [3.63, 3.8) is 0 Å². The molecule has 3 atom stereocenters. The minimum Gasteiger partial charge on any atom is -0.300 e. The van der Waals surface area contributed by atoms with Gasteiger partial charge in [-0.05, 0) is 88.2 Å². The van der Waals surface area contributed by atoms with Crippen LogP contribution in [0.3, 0.4) is 0 Å². The van der Waals surface area contributed by atoms with Crippen molar-refractivity contribution in [2.75, 3.05) is 0 Å². The monoisotopic (exact) mass is 482 g/mol. The number of hydrogen-bond acceptors (Lipinski definition) is 3. The lowest BCUT2D eigenvalue weighted by atomic mass is 9.72. The minimum atomic E-state index is -0.0597. The highest BCUT2D eigenvalue weighted by atomic mass is 16.1. The molecule has 0 bridgehead atoms. The van der Waals surface area contributed by atoms with Gasteiger partial charge in [0.15, 0.2) is 5.78 Å². The number of Topliss-reactive ketones (excluding diaryl/α,β-unsaturated/α-hetero) is 3. The number of carbonyl (C=O) groups excluding carboxylic acids is 3. The number of carbonyl (C=O) groups is 3. The molecule has 3 heteroatoms. The average molecular weight is 483 g/mol. The van der Waals surface area contributed by atoms with Crippen LogP contribution < -0.4 is 0 Å². The van der Waals surface area contributed by atoms with Crippen LogP contribution in [-0.4, -0.2) is 17.3 Å². The maximum absolute atomic E-state index is 13.0. The van der Waals surface area contributed by atoms with Crippen molar-refractivity contribution >= 4 is 17.3 Å². The zero-order valence-corrected chi connectivity index (χ0v) is 23.3. The molecule has 0 spiro atoms. The minimum absolute atomic E-state index is 0.0474. The van der Waals surface area contributed by atoms with Gasteiger partial charge in [-0.1, -0.05) is 76.5 Å². The van der Waals surface area contributed by atoms with E-state index >= 15 is 0 Å². The zero-order chi connectivity index (χ0) is 26.2. The molecule has 0 aromatic rings. The third-order valence-corrected chi connectivity index (χ3v) is 7.30. The first-order valence-corrected chi connectivity index (χ1v) is 14.0. The summed E-state index contributed by atoms with van der Waals surface area (Å²) in [6.45, 7) is 12.1. The molecule has 0 aromatic carbocycles. The molecule has 0 radical (unpaired) electrons. The third-order valence-electron chi connectivity index (χ3n) is 7.30. The molecule has 1 fully saturated rings. The summed E-state index contributed by atoms with van der Waals surface area (Å²) in [7, 11) is 0. The molecule has 0 heterocycles. The largest absolute Gasteiger partial charge is 0.300 e. The molecule has 1 aliphatic carbocycles. The summed E-state index contributed by atoms with van der Waals surface area (Å²) in [6, 6.07) is 0. The molecule has 0 saturated heterocycles. The van der Waals surface area contributed by atoms with Crippen molar-refractivity contribution in [2.45, 2.75) is 119 Å². The number of allylic oxidation sites excluding steroid dienone is 8. The molecule has 196 valence electrons. The van der Waals surface area contributed by atoms with E-state index in [2.05, 4.69) is 58.1 Å². The second-order valence-corrected chi connectivity index (χ2v) is 10.3. The van der Waals surface area contributed by atoms with Crippen molar-refractivity contribution in [1.82, 2.24) is 0 Å². The molecule has 0 aliphatic heterocycles. The Labute approximate surface area is 215 Å². The van der Waals surface area contributed by atoms with Crippen molar-refractivity contribution in [3.8, 4) is 0 Å². The van der Waals surface area contributed by atoms with E-state index in [4.69, 9.17) is 0 Å². The normalized spacial score (nSPS) is 20.5. The van der Waals surface area contributed by atoms with Gasteiger partial charge in [0.05, 0.1) is 6.42 Å². The van der Waals surface area contributed by atoms with E-state index in [0.29, 0.717) is 12.3 Å². The molecule has 3 unspecified atom stereocenters. The Hall–Kier alpha value is -2.03. The van der Waals surface area contributed by atoms with Crippen LogP contribution in [0.1, 0.15) is 119 Å². The van der Waals surface area contributed by atoms with Gasteiger partial charge in [-0.2, -0.15) is 0 Å². The lowest BCUT2D eigenvalue weighted by molar-refractivity contribution is -0.129. The van der Waals surface area contributed by atoms with Crippen LogP contribution in [0, 0.1) is 17.8 Å². The van der Waals surface area contributed by atoms with Crippen molar-refractivity contribution < 1.29 is 14.4 Å². The molecule has 0 amide bonds. The standard InChI is InChI=1S/C32H50O3/c1-7-15-26(9-3)18-14-12-11-13-17-24(5)30-20-19-27(23-32(30)35)22-28(16-8-2)29(10-4)31(34)21-25(6)33/h13-15,17-18,27-29H,7-12,16,19-23H2,1-6H3/b17-13-,18-14-,26-15-,30-24+. The van der Waals surface area contributed by atoms with Crippen LogP contribution in [0.15, 0.2) is 47.1 Å². The molecular formula is C32H50O3. The van der Waals surface area contributed by atoms with E-state index in [9.17, 15) is 14.4 Å². The molecule has 3 nitrogen and oxygen atoms in total. The topological polar surface area (TPSA) is 51.2 Å². The number of ketones is 3. The smallest absolute Gasteiger partial charge is 0.159 e. The van der Waals surface area contributed by atoms with Crippen LogP contribution in [0.5, 0.6) is 0 Å². The Morgan fingerprint density at radius 1 is 1.03 bits per heavy atom. The zero-order valence-electron chi connectivity index (χ0n) is 23.3. The third kappa shape index (κ3) is 11.5. The highest BCUT2D eigenvalue weighted by Crippen LogP contribution is 2.36. The van der Waals surface area contributed by atoms with Gasteiger partial charge in [-0.25, -0.2) is 0 Å².